The van der Waals surface area contributed by atoms with Crippen molar-refractivity contribution in [3.8, 4) is 5.75 Å². The molecule has 0 radical (unpaired) electrons. The SMILES string of the molecule is Cc1cccc(C)c1Nc1ccccc1C=Nc1cc(C(C)(C)C)cc(C(C)(C)C)c1O. The molecular formula is C29H36N2O. The largest absolute Gasteiger partial charge is 0.505 e. The minimum Gasteiger partial charge on any atom is -0.505 e. The van der Waals surface area contributed by atoms with Crippen molar-refractivity contribution < 1.29 is 5.11 Å². The number of anilines is 2. The third-order valence-corrected chi connectivity index (χ3v) is 5.81. The van der Waals surface area contributed by atoms with E-state index in [0.717, 1.165) is 28.1 Å². The highest BCUT2D eigenvalue weighted by Crippen LogP contribution is 2.41. The van der Waals surface area contributed by atoms with Crippen LogP contribution in [0.1, 0.15) is 69.4 Å². The molecule has 3 rings (SSSR count). The monoisotopic (exact) mass is 428 g/mol. The zero-order chi connectivity index (χ0) is 23.7. The van der Waals surface area contributed by atoms with Crippen LogP contribution in [0.15, 0.2) is 59.6 Å². The molecule has 3 aromatic rings. The van der Waals surface area contributed by atoms with Gasteiger partial charge in [0, 0.05) is 28.7 Å². The Hall–Kier alpha value is -3.07. The lowest BCUT2D eigenvalue weighted by Gasteiger charge is -2.26. The van der Waals surface area contributed by atoms with E-state index in [9.17, 15) is 5.11 Å². The molecule has 0 aromatic heterocycles. The van der Waals surface area contributed by atoms with Gasteiger partial charge in [0.1, 0.15) is 11.4 Å². The summed E-state index contributed by atoms with van der Waals surface area (Å²) >= 11 is 0. The van der Waals surface area contributed by atoms with Crippen LogP contribution in [0.2, 0.25) is 0 Å². The number of phenolic OH excluding ortho intramolecular Hbond substituents is 1. The van der Waals surface area contributed by atoms with Gasteiger partial charge in [-0.15, -0.1) is 0 Å². The number of phenols is 1. The summed E-state index contributed by atoms with van der Waals surface area (Å²) in [5.41, 5.74) is 7.91. The van der Waals surface area contributed by atoms with Crippen molar-refractivity contribution in [2.45, 2.75) is 66.2 Å². The Bertz CT molecular complexity index is 1120. The second-order valence-corrected chi connectivity index (χ2v) is 10.6. The summed E-state index contributed by atoms with van der Waals surface area (Å²) in [6, 6.07) is 18.5. The Kier molecular flexibility index (Phi) is 6.50. The number of aliphatic imine (C=N–C) groups is 1. The third-order valence-electron chi connectivity index (χ3n) is 5.81. The second kappa shape index (κ2) is 8.82. The first-order valence-corrected chi connectivity index (χ1v) is 11.2. The smallest absolute Gasteiger partial charge is 0.144 e. The van der Waals surface area contributed by atoms with Gasteiger partial charge >= 0.3 is 0 Å². The number of rotatable bonds is 4. The van der Waals surface area contributed by atoms with E-state index in [0.29, 0.717) is 5.69 Å². The van der Waals surface area contributed by atoms with Crippen LogP contribution in [-0.2, 0) is 10.8 Å². The first-order valence-electron chi connectivity index (χ1n) is 11.2. The number of para-hydroxylation sites is 2. The average Bonchev–Trinajstić information content (AvgIpc) is 2.69. The molecule has 0 saturated carbocycles. The predicted molar refractivity (Wildman–Crippen MR) is 138 cm³/mol. The topological polar surface area (TPSA) is 44.6 Å². The highest BCUT2D eigenvalue weighted by atomic mass is 16.3. The zero-order valence-electron chi connectivity index (χ0n) is 20.7. The molecule has 32 heavy (non-hydrogen) atoms. The second-order valence-electron chi connectivity index (χ2n) is 10.6. The van der Waals surface area contributed by atoms with Crippen LogP contribution in [0, 0.1) is 13.8 Å². The van der Waals surface area contributed by atoms with E-state index < -0.39 is 0 Å². The molecular weight excluding hydrogens is 392 g/mol. The molecule has 0 fully saturated rings. The standard InChI is InChI=1S/C29H36N2O/c1-19-12-11-13-20(2)26(19)31-24-15-10-9-14-21(24)18-30-25-17-22(28(3,4)5)16-23(27(25)32)29(6,7)8/h9-18,31-32H,1-8H3. The van der Waals surface area contributed by atoms with Gasteiger partial charge in [-0.05, 0) is 53.5 Å². The maximum atomic E-state index is 11.0. The van der Waals surface area contributed by atoms with Gasteiger partial charge in [0.05, 0.1) is 0 Å². The Labute approximate surface area is 193 Å². The predicted octanol–water partition coefficient (Wildman–Crippen LogP) is 8.10. The number of nitrogens with one attached hydrogen (secondary N) is 1. The molecule has 168 valence electrons. The number of aromatic hydroxyl groups is 1. The highest BCUT2D eigenvalue weighted by Gasteiger charge is 2.24. The molecule has 0 aliphatic rings. The molecule has 0 unspecified atom stereocenters. The van der Waals surface area contributed by atoms with Crippen molar-refractivity contribution >= 4 is 23.3 Å². The van der Waals surface area contributed by atoms with Gasteiger partial charge < -0.3 is 10.4 Å². The quantitative estimate of drug-likeness (QED) is 0.412. The van der Waals surface area contributed by atoms with Gasteiger partial charge in [-0.3, -0.25) is 4.99 Å². The van der Waals surface area contributed by atoms with E-state index in [2.05, 4.69) is 91.0 Å². The number of benzene rings is 3. The van der Waals surface area contributed by atoms with Crippen LogP contribution in [0.25, 0.3) is 0 Å². The van der Waals surface area contributed by atoms with Crippen LogP contribution in [0.4, 0.5) is 17.1 Å². The maximum absolute atomic E-state index is 11.0. The van der Waals surface area contributed by atoms with Gasteiger partial charge in [-0.2, -0.15) is 0 Å². The Morgan fingerprint density at radius 3 is 2.03 bits per heavy atom. The van der Waals surface area contributed by atoms with Gasteiger partial charge in [0.15, 0.2) is 0 Å². The van der Waals surface area contributed by atoms with Crippen molar-refractivity contribution in [1.29, 1.82) is 0 Å². The summed E-state index contributed by atoms with van der Waals surface area (Å²) < 4.78 is 0. The first kappa shape index (κ1) is 23.6. The van der Waals surface area contributed by atoms with Gasteiger partial charge in [-0.1, -0.05) is 84.0 Å². The summed E-state index contributed by atoms with van der Waals surface area (Å²) in [6.45, 7) is 17.1. The van der Waals surface area contributed by atoms with Crippen molar-refractivity contribution in [2.24, 2.45) is 4.99 Å². The molecule has 0 amide bonds. The molecule has 3 heteroatoms. The molecule has 2 N–H and O–H groups in total. The summed E-state index contributed by atoms with van der Waals surface area (Å²) in [6.07, 6.45) is 1.84. The molecule has 0 heterocycles. The van der Waals surface area contributed by atoms with Gasteiger partial charge in [0.25, 0.3) is 0 Å². The number of hydrogen-bond donors (Lipinski definition) is 2. The number of hydrogen-bond acceptors (Lipinski definition) is 3. The van der Waals surface area contributed by atoms with E-state index in [-0.39, 0.29) is 16.6 Å². The lowest BCUT2D eigenvalue weighted by Crippen LogP contribution is -2.16. The fraction of sp³-hybridized carbons (Fsp3) is 0.345. The molecule has 0 aliphatic heterocycles. The summed E-state index contributed by atoms with van der Waals surface area (Å²) in [5, 5.41) is 14.6. The number of aryl methyl sites for hydroxylation is 2. The normalized spacial score (nSPS) is 12.4. The van der Waals surface area contributed by atoms with Crippen LogP contribution >= 0.6 is 0 Å². The lowest BCUT2D eigenvalue weighted by molar-refractivity contribution is 0.446. The Morgan fingerprint density at radius 1 is 0.812 bits per heavy atom. The highest BCUT2D eigenvalue weighted by molar-refractivity contribution is 5.91. The summed E-state index contributed by atoms with van der Waals surface area (Å²) in [4.78, 5) is 4.76. The van der Waals surface area contributed by atoms with E-state index in [1.807, 2.05) is 30.5 Å². The summed E-state index contributed by atoms with van der Waals surface area (Å²) in [5.74, 6) is 0.252. The molecule has 0 bridgehead atoms. The van der Waals surface area contributed by atoms with Crippen molar-refractivity contribution in [1.82, 2.24) is 0 Å². The third kappa shape index (κ3) is 5.21. The average molecular weight is 429 g/mol. The van der Waals surface area contributed by atoms with Crippen molar-refractivity contribution in [3.63, 3.8) is 0 Å². The molecule has 0 atom stereocenters. The van der Waals surface area contributed by atoms with Crippen molar-refractivity contribution in [2.75, 3.05) is 5.32 Å². The molecule has 3 aromatic carbocycles. The number of nitrogens with zero attached hydrogens (tertiary/aromatic N) is 1. The van der Waals surface area contributed by atoms with E-state index in [1.54, 1.807) is 0 Å². The van der Waals surface area contributed by atoms with E-state index in [4.69, 9.17) is 4.99 Å². The molecule has 0 spiro atoms. The van der Waals surface area contributed by atoms with Crippen LogP contribution in [0.5, 0.6) is 5.75 Å². The minimum atomic E-state index is -0.183. The molecule has 3 nitrogen and oxygen atoms in total. The van der Waals surface area contributed by atoms with Crippen LogP contribution < -0.4 is 5.32 Å². The fourth-order valence-electron chi connectivity index (χ4n) is 3.73. The summed E-state index contributed by atoms with van der Waals surface area (Å²) in [7, 11) is 0. The fourth-order valence-corrected chi connectivity index (χ4v) is 3.73. The van der Waals surface area contributed by atoms with Crippen LogP contribution in [0.3, 0.4) is 0 Å². The lowest BCUT2D eigenvalue weighted by atomic mass is 9.80. The first-order chi connectivity index (χ1) is 14.9. The van der Waals surface area contributed by atoms with Gasteiger partial charge in [0.2, 0.25) is 0 Å². The minimum absolute atomic E-state index is 0.0419. The maximum Gasteiger partial charge on any atom is 0.144 e. The van der Waals surface area contributed by atoms with Crippen molar-refractivity contribution in [3.05, 3.63) is 82.4 Å². The van der Waals surface area contributed by atoms with E-state index in [1.165, 1.54) is 11.1 Å². The Morgan fingerprint density at radius 2 is 1.44 bits per heavy atom. The van der Waals surface area contributed by atoms with Crippen LogP contribution in [-0.4, -0.2) is 11.3 Å². The molecule has 0 aliphatic carbocycles. The van der Waals surface area contributed by atoms with Gasteiger partial charge in [-0.25, -0.2) is 0 Å². The van der Waals surface area contributed by atoms with E-state index >= 15 is 0 Å². The molecule has 0 saturated heterocycles. The Balaban J connectivity index is 2.05. The zero-order valence-corrected chi connectivity index (χ0v) is 20.7.